The predicted octanol–water partition coefficient (Wildman–Crippen LogP) is 3.02. The Morgan fingerprint density at radius 3 is 2.87 bits per heavy atom. The van der Waals surface area contributed by atoms with Crippen molar-refractivity contribution in [1.29, 1.82) is 0 Å². The van der Waals surface area contributed by atoms with Crippen molar-refractivity contribution in [2.45, 2.75) is 19.3 Å². The van der Waals surface area contributed by atoms with Gasteiger partial charge in [0.1, 0.15) is 5.82 Å². The Morgan fingerprint density at radius 2 is 2.20 bits per heavy atom. The molecule has 0 spiro atoms. The van der Waals surface area contributed by atoms with Crippen molar-refractivity contribution >= 4 is 11.6 Å². The number of nitrogens with one attached hydrogen (secondary N) is 1. The maximum absolute atomic E-state index is 13.3. The lowest BCUT2D eigenvalue weighted by atomic mass is 10.1. The molecule has 0 amide bonds. The van der Waals surface area contributed by atoms with Crippen LogP contribution in [0, 0.1) is 11.7 Å². The summed E-state index contributed by atoms with van der Waals surface area (Å²) < 4.78 is 13.3. The van der Waals surface area contributed by atoms with Crippen molar-refractivity contribution in [2.75, 3.05) is 13.1 Å². The van der Waals surface area contributed by atoms with Gasteiger partial charge in [-0.3, -0.25) is 0 Å². The van der Waals surface area contributed by atoms with E-state index in [2.05, 4.69) is 5.32 Å². The molecule has 1 fully saturated rings. The molecule has 0 atom stereocenters. The summed E-state index contributed by atoms with van der Waals surface area (Å²) in [6, 6.07) is 4.84. The monoisotopic (exact) mass is 227 g/mol. The van der Waals surface area contributed by atoms with Gasteiger partial charge in [0.2, 0.25) is 0 Å². The highest BCUT2D eigenvalue weighted by Gasteiger charge is 2.20. The smallest absolute Gasteiger partial charge is 0.127 e. The van der Waals surface area contributed by atoms with Crippen molar-refractivity contribution in [3.63, 3.8) is 0 Å². The summed E-state index contributed by atoms with van der Waals surface area (Å²) in [4.78, 5) is 0. The SMILES string of the molecule is Fc1cccc(Cl)c1CCNCC1CC1. The molecule has 1 aliphatic carbocycles. The summed E-state index contributed by atoms with van der Waals surface area (Å²) in [6.45, 7) is 1.86. The van der Waals surface area contributed by atoms with Crippen molar-refractivity contribution in [3.05, 3.63) is 34.6 Å². The van der Waals surface area contributed by atoms with E-state index >= 15 is 0 Å². The lowest BCUT2D eigenvalue weighted by Gasteiger charge is -2.06. The van der Waals surface area contributed by atoms with Gasteiger partial charge in [0.05, 0.1) is 0 Å². The van der Waals surface area contributed by atoms with E-state index in [1.807, 2.05) is 0 Å². The molecule has 2 rings (SSSR count). The van der Waals surface area contributed by atoms with Crippen molar-refractivity contribution < 1.29 is 4.39 Å². The summed E-state index contributed by atoms with van der Waals surface area (Å²) in [5, 5.41) is 3.86. The molecule has 0 bridgehead atoms. The highest BCUT2D eigenvalue weighted by molar-refractivity contribution is 6.31. The molecule has 1 saturated carbocycles. The van der Waals surface area contributed by atoms with Gasteiger partial charge in [0, 0.05) is 10.6 Å². The van der Waals surface area contributed by atoms with E-state index in [1.54, 1.807) is 12.1 Å². The zero-order valence-electron chi connectivity index (χ0n) is 8.60. The average molecular weight is 228 g/mol. The van der Waals surface area contributed by atoms with Gasteiger partial charge < -0.3 is 5.32 Å². The molecule has 1 nitrogen and oxygen atoms in total. The normalized spacial score (nSPS) is 15.6. The van der Waals surface area contributed by atoms with Gasteiger partial charge in [-0.1, -0.05) is 17.7 Å². The van der Waals surface area contributed by atoms with Crippen LogP contribution in [-0.2, 0) is 6.42 Å². The van der Waals surface area contributed by atoms with E-state index in [9.17, 15) is 4.39 Å². The molecular weight excluding hydrogens is 213 g/mol. The van der Waals surface area contributed by atoms with E-state index in [4.69, 9.17) is 11.6 Å². The summed E-state index contributed by atoms with van der Waals surface area (Å²) in [6.07, 6.45) is 3.35. The number of hydrogen-bond donors (Lipinski definition) is 1. The quantitative estimate of drug-likeness (QED) is 0.763. The minimum atomic E-state index is -0.198. The molecule has 1 N–H and O–H groups in total. The zero-order valence-corrected chi connectivity index (χ0v) is 9.36. The van der Waals surface area contributed by atoms with Crippen LogP contribution in [0.2, 0.25) is 5.02 Å². The topological polar surface area (TPSA) is 12.0 Å². The third-order valence-electron chi connectivity index (χ3n) is 2.74. The van der Waals surface area contributed by atoms with Crippen LogP contribution in [0.15, 0.2) is 18.2 Å². The first-order chi connectivity index (χ1) is 7.27. The minimum Gasteiger partial charge on any atom is -0.316 e. The van der Waals surface area contributed by atoms with Gasteiger partial charge >= 0.3 is 0 Å². The van der Waals surface area contributed by atoms with E-state index in [-0.39, 0.29) is 5.82 Å². The molecule has 15 heavy (non-hydrogen) atoms. The summed E-state index contributed by atoms with van der Waals surface area (Å²) in [7, 11) is 0. The third kappa shape index (κ3) is 3.18. The maximum atomic E-state index is 13.3. The highest BCUT2D eigenvalue weighted by Crippen LogP contribution is 2.27. The second-order valence-electron chi connectivity index (χ2n) is 4.10. The summed E-state index contributed by atoms with van der Waals surface area (Å²) in [5.41, 5.74) is 0.627. The van der Waals surface area contributed by atoms with Crippen molar-refractivity contribution in [1.82, 2.24) is 5.32 Å². The Balaban J connectivity index is 1.80. The molecule has 1 aromatic carbocycles. The first kappa shape index (κ1) is 10.9. The van der Waals surface area contributed by atoms with Gasteiger partial charge in [0.15, 0.2) is 0 Å². The molecule has 3 heteroatoms. The fraction of sp³-hybridized carbons (Fsp3) is 0.500. The summed E-state index contributed by atoms with van der Waals surface area (Å²) in [5.74, 6) is 0.664. The highest BCUT2D eigenvalue weighted by atomic mass is 35.5. The molecule has 0 saturated heterocycles. The Bertz CT molecular complexity index is 316. The Morgan fingerprint density at radius 1 is 1.40 bits per heavy atom. The standard InChI is InChI=1S/C12H15ClFN/c13-11-2-1-3-12(14)10(11)6-7-15-8-9-4-5-9/h1-3,9,15H,4-8H2. The lowest BCUT2D eigenvalue weighted by Crippen LogP contribution is -2.20. The molecule has 82 valence electrons. The molecule has 0 radical (unpaired) electrons. The van der Waals surface area contributed by atoms with Crippen LogP contribution in [0.3, 0.4) is 0 Å². The first-order valence-corrected chi connectivity index (χ1v) is 5.79. The van der Waals surface area contributed by atoms with Crippen LogP contribution < -0.4 is 5.32 Å². The van der Waals surface area contributed by atoms with E-state index < -0.39 is 0 Å². The predicted molar refractivity (Wildman–Crippen MR) is 60.7 cm³/mol. The maximum Gasteiger partial charge on any atom is 0.127 e. The Hall–Kier alpha value is -0.600. The van der Waals surface area contributed by atoms with Crippen molar-refractivity contribution in [3.8, 4) is 0 Å². The van der Waals surface area contributed by atoms with E-state index in [1.165, 1.54) is 18.9 Å². The molecule has 1 aliphatic rings. The summed E-state index contributed by atoms with van der Waals surface area (Å²) >= 11 is 5.92. The molecule has 0 aromatic heterocycles. The Labute approximate surface area is 94.6 Å². The zero-order chi connectivity index (χ0) is 10.7. The lowest BCUT2D eigenvalue weighted by molar-refractivity contribution is 0.590. The fourth-order valence-corrected chi connectivity index (χ4v) is 1.87. The van der Waals surface area contributed by atoms with Crippen LogP contribution in [0.4, 0.5) is 4.39 Å². The number of benzene rings is 1. The first-order valence-electron chi connectivity index (χ1n) is 5.41. The Kier molecular flexibility index (Phi) is 3.60. The van der Waals surface area contributed by atoms with Crippen LogP contribution in [0.1, 0.15) is 18.4 Å². The molecule has 0 unspecified atom stereocenters. The van der Waals surface area contributed by atoms with E-state index in [0.717, 1.165) is 19.0 Å². The fourth-order valence-electron chi connectivity index (χ4n) is 1.61. The third-order valence-corrected chi connectivity index (χ3v) is 3.10. The van der Waals surface area contributed by atoms with Gasteiger partial charge in [-0.15, -0.1) is 0 Å². The van der Waals surface area contributed by atoms with Crippen LogP contribution >= 0.6 is 11.6 Å². The van der Waals surface area contributed by atoms with Crippen LogP contribution in [0.5, 0.6) is 0 Å². The van der Waals surface area contributed by atoms with Gasteiger partial charge in [0.25, 0.3) is 0 Å². The van der Waals surface area contributed by atoms with Crippen LogP contribution in [-0.4, -0.2) is 13.1 Å². The molecule has 1 aromatic rings. The second-order valence-corrected chi connectivity index (χ2v) is 4.50. The number of hydrogen-bond acceptors (Lipinski definition) is 1. The molecular formula is C12H15ClFN. The van der Waals surface area contributed by atoms with Crippen LogP contribution in [0.25, 0.3) is 0 Å². The van der Waals surface area contributed by atoms with E-state index in [0.29, 0.717) is 17.0 Å². The minimum absolute atomic E-state index is 0.198. The number of halogens is 2. The number of rotatable bonds is 5. The largest absolute Gasteiger partial charge is 0.316 e. The van der Waals surface area contributed by atoms with Gasteiger partial charge in [-0.25, -0.2) is 4.39 Å². The van der Waals surface area contributed by atoms with Gasteiger partial charge in [-0.2, -0.15) is 0 Å². The molecule has 0 aliphatic heterocycles. The second kappa shape index (κ2) is 4.95. The average Bonchev–Trinajstić information content (AvgIpc) is 3.00. The van der Waals surface area contributed by atoms with Crippen molar-refractivity contribution in [2.24, 2.45) is 5.92 Å². The van der Waals surface area contributed by atoms with Gasteiger partial charge in [-0.05, 0) is 50.4 Å². The molecule has 0 heterocycles.